The van der Waals surface area contributed by atoms with Crippen LogP contribution in [0.3, 0.4) is 0 Å². The third-order valence-corrected chi connectivity index (χ3v) is 5.64. The SMILES string of the molecule is CC1CN(C)CCCN1C(CN)c1sccc1Br. The summed E-state index contributed by atoms with van der Waals surface area (Å²) in [5.41, 5.74) is 6.04. The molecule has 1 aromatic heterocycles. The number of thiophene rings is 1. The van der Waals surface area contributed by atoms with Crippen molar-refractivity contribution in [3.63, 3.8) is 0 Å². The summed E-state index contributed by atoms with van der Waals surface area (Å²) in [6.07, 6.45) is 1.22. The number of hydrogen-bond acceptors (Lipinski definition) is 4. The highest BCUT2D eigenvalue weighted by molar-refractivity contribution is 9.10. The second kappa shape index (κ2) is 6.48. The average Bonchev–Trinajstić information content (AvgIpc) is 2.66. The Balaban J connectivity index is 2.19. The molecule has 0 amide bonds. The van der Waals surface area contributed by atoms with E-state index < -0.39 is 0 Å². The van der Waals surface area contributed by atoms with E-state index in [1.165, 1.54) is 22.3 Å². The fourth-order valence-electron chi connectivity index (χ4n) is 2.79. The molecular formula is C13H22BrN3S. The molecule has 0 aliphatic carbocycles. The largest absolute Gasteiger partial charge is 0.329 e. The van der Waals surface area contributed by atoms with Crippen LogP contribution in [0.4, 0.5) is 0 Å². The van der Waals surface area contributed by atoms with Crippen molar-refractivity contribution in [1.29, 1.82) is 0 Å². The molecule has 1 aliphatic heterocycles. The normalized spacial score (nSPS) is 25.0. The smallest absolute Gasteiger partial charge is 0.0578 e. The highest BCUT2D eigenvalue weighted by atomic mass is 79.9. The molecule has 2 rings (SSSR count). The summed E-state index contributed by atoms with van der Waals surface area (Å²) in [5, 5.41) is 2.14. The van der Waals surface area contributed by atoms with Gasteiger partial charge in [-0.05, 0) is 54.3 Å². The molecule has 0 saturated carbocycles. The molecule has 2 unspecified atom stereocenters. The minimum absolute atomic E-state index is 0.348. The fourth-order valence-corrected chi connectivity index (χ4v) is 4.56. The summed E-state index contributed by atoms with van der Waals surface area (Å²) in [6.45, 7) is 6.44. The highest BCUT2D eigenvalue weighted by Gasteiger charge is 2.28. The zero-order valence-electron chi connectivity index (χ0n) is 11.1. The van der Waals surface area contributed by atoms with Crippen LogP contribution in [-0.2, 0) is 0 Å². The molecule has 1 aliphatic rings. The van der Waals surface area contributed by atoms with Crippen molar-refractivity contribution in [1.82, 2.24) is 9.80 Å². The lowest BCUT2D eigenvalue weighted by Gasteiger charge is -2.34. The number of likely N-dealkylation sites (N-methyl/N-ethyl adjacent to an activating group) is 1. The van der Waals surface area contributed by atoms with Crippen LogP contribution in [0.15, 0.2) is 15.9 Å². The van der Waals surface area contributed by atoms with Crippen LogP contribution < -0.4 is 5.73 Å². The van der Waals surface area contributed by atoms with Gasteiger partial charge in [-0.25, -0.2) is 0 Å². The Labute approximate surface area is 122 Å². The summed E-state index contributed by atoms with van der Waals surface area (Å²) < 4.78 is 1.20. The molecule has 2 atom stereocenters. The lowest BCUT2D eigenvalue weighted by atomic mass is 10.1. The van der Waals surface area contributed by atoms with E-state index in [0.29, 0.717) is 18.6 Å². The molecule has 1 saturated heterocycles. The summed E-state index contributed by atoms with van der Waals surface area (Å²) in [7, 11) is 2.21. The minimum Gasteiger partial charge on any atom is -0.329 e. The monoisotopic (exact) mass is 331 g/mol. The van der Waals surface area contributed by atoms with E-state index in [0.717, 1.165) is 13.1 Å². The van der Waals surface area contributed by atoms with Gasteiger partial charge in [0.2, 0.25) is 0 Å². The van der Waals surface area contributed by atoms with Crippen LogP contribution in [0.1, 0.15) is 24.3 Å². The molecule has 0 radical (unpaired) electrons. The first-order valence-electron chi connectivity index (χ1n) is 6.50. The lowest BCUT2D eigenvalue weighted by molar-refractivity contribution is 0.148. The van der Waals surface area contributed by atoms with Gasteiger partial charge < -0.3 is 10.6 Å². The summed E-state index contributed by atoms with van der Waals surface area (Å²) in [5.74, 6) is 0. The summed E-state index contributed by atoms with van der Waals surface area (Å²) >= 11 is 5.45. The molecule has 1 fully saturated rings. The first kappa shape index (κ1) is 14.5. The fraction of sp³-hybridized carbons (Fsp3) is 0.692. The van der Waals surface area contributed by atoms with Crippen molar-refractivity contribution in [2.24, 2.45) is 5.73 Å². The van der Waals surface area contributed by atoms with Gasteiger partial charge in [0.15, 0.2) is 0 Å². The zero-order valence-corrected chi connectivity index (χ0v) is 13.5. The van der Waals surface area contributed by atoms with Gasteiger partial charge in [0, 0.05) is 35.0 Å². The first-order chi connectivity index (χ1) is 8.63. The average molecular weight is 332 g/mol. The maximum Gasteiger partial charge on any atom is 0.0578 e. The third-order valence-electron chi connectivity index (χ3n) is 3.67. The van der Waals surface area contributed by atoms with Crippen molar-refractivity contribution in [2.45, 2.75) is 25.4 Å². The number of hydrogen-bond donors (Lipinski definition) is 1. The van der Waals surface area contributed by atoms with E-state index in [4.69, 9.17) is 5.73 Å². The van der Waals surface area contributed by atoms with Crippen molar-refractivity contribution in [3.8, 4) is 0 Å². The zero-order chi connectivity index (χ0) is 13.1. The van der Waals surface area contributed by atoms with Gasteiger partial charge in [0.05, 0.1) is 6.04 Å². The standard InChI is InChI=1S/C13H22BrN3S/c1-10-9-16(2)5-3-6-17(10)12(8-15)13-11(14)4-7-18-13/h4,7,10,12H,3,5-6,8-9,15H2,1-2H3. The molecular weight excluding hydrogens is 310 g/mol. The van der Waals surface area contributed by atoms with Gasteiger partial charge in [-0.3, -0.25) is 4.90 Å². The van der Waals surface area contributed by atoms with Gasteiger partial charge in [0.25, 0.3) is 0 Å². The lowest BCUT2D eigenvalue weighted by Crippen LogP contribution is -2.42. The Morgan fingerprint density at radius 3 is 2.94 bits per heavy atom. The maximum absolute atomic E-state index is 6.04. The number of nitrogens with zero attached hydrogens (tertiary/aromatic N) is 2. The van der Waals surface area contributed by atoms with Crippen LogP contribution in [0.2, 0.25) is 0 Å². The molecule has 0 aromatic carbocycles. The van der Waals surface area contributed by atoms with E-state index in [1.807, 2.05) is 0 Å². The van der Waals surface area contributed by atoms with Crippen molar-refractivity contribution in [2.75, 3.05) is 33.2 Å². The van der Waals surface area contributed by atoms with E-state index >= 15 is 0 Å². The van der Waals surface area contributed by atoms with E-state index in [1.54, 1.807) is 11.3 Å². The molecule has 5 heteroatoms. The van der Waals surface area contributed by atoms with E-state index in [2.05, 4.69) is 51.1 Å². The number of nitrogens with two attached hydrogens (primary N) is 1. The predicted molar refractivity (Wildman–Crippen MR) is 82.1 cm³/mol. The van der Waals surface area contributed by atoms with Crippen LogP contribution in [0.25, 0.3) is 0 Å². The summed E-state index contributed by atoms with van der Waals surface area (Å²) in [6, 6.07) is 3.03. The van der Waals surface area contributed by atoms with Crippen LogP contribution in [0.5, 0.6) is 0 Å². The highest BCUT2D eigenvalue weighted by Crippen LogP contribution is 2.33. The molecule has 2 heterocycles. The molecule has 102 valence electrons. The molecule has 0 spiro atoms. The Morgan fingerprint density at radius 1 is 1.56 bits per heavy atom. The molecule has 2 N–H and O–H groups in total. The molecule has 0 bridgehead atoms. The number of halogens is 1. The second-order valence-electron chi connectivity index (χ2n) is 5.09. The van der Waals surface area contributed by atoms with Crippen molar-refractivity contribution >= 4 is 27.3 Å². The topological polar surface area (TPSA) is 32.5 Å². The Kier molecular flexibility index (Phi) is 5.21. The van der Waals surface area contributed by atoms with Crippen molar-refractivity contribution < 1.29 is 0 Å². The number of rotatable bonds is 3. The Hall–Kier alpha value is 0.0600. The van der Waals surface area contributed by atoms with Gasteiger partial charge in [-0.15, -0.1) is 11.3 Å². The van der Waals surface area contributed by atoms with E-state index in [9.17, 15) is 0 Å². The van der Waals surface area contributed by atoms with Gasteiger partial charge in [0.1, 0.15) is 0 Å². The van der Waals surface area contributed by atoms with Crippen LogP contribution in [0, 0.1) is 0 Å². The van der Waals surface area contributed by atoms with Crippen LogP contribution in [-0.4, -0.2) is 49.1 Å². The van der Waals surface area contributed by atoms with Gasteiger partial charge in [-0.1, -0.05) is 0 Å². The van der Waals surface area contributed by atoms with Gasteiger partial charge >= 0.3 is 0 Å². The Morgan fingerprint density at radius 2 is 2.33 bits per heavy atom. The molecule has 3 nitrogen and oxygen atoms in total. The molecule has 1 aromatic rings. The van der Waals surface area contributed by atoms with Crippen LogP contribution >= 0.6 is 27.3 Å². The second-order valence-corrected chi connectivity index (χ2v) is 6.89. The maximum atomic E-state index is 6.04. The summed E-state index contributed by atoms with van der Waals surface area (Å²) in [4.78, 5) is 6.36. The van der Waals surface area contributed by atoms with Crippen molar-refractivity contribution in [3.05, 3.63) is 20.8 Å². The van der Waals surface area contributed by atoms with E-state index in [-0.39, 0.29) is 0 Å². The Bertz CT molecular complexity index is 382. The van der Waals surface area contributed by atoms with Gasteiger partial charge in [-0.2, -0.15) is 0 Å². The third kappa shape index (κ3) is 3.14. The quantitative estimate of drug-likeness (QED) is 0.923. The predicted octanol–water partition coefficient (Wildman–Crippen LogP) is 2.54. The first-order valence-corrected chi connectivity index (χ1v) is 8.18. The minimum atomic E-state index is 0.348. The molecule has 18 heavy (non-hydrogen) atoms.